The third-order valence-corrected chi connectivity index (χ3v) is 16.1. The Morgan fingerprint density at radius 2 is 1.22 bits per heavy atom. The van der Waals surface area contributed by atoms with E-state index in [1.165, 1.54) is 43.2 Å². The summed E-state index contributed by atoms with van der Waals surface area (Å²) >= 11 is 0. The molecule has 0 aliphatic carbocycles. The van der Waals surface area contributed by atoms with E-state index < -0.39 is 8.07 Å². The van der Waals surface area contributed by atoms with Gasteiger partial charge >= 0.3 is 0 Å². The number of imidazole rings is 1. The molecule has 4 heterocycles. The van der Waals surface area contributed by atoms with Crippen LogP contribution in [0.25, 0.3) is 116 Å². The monoisotopic (exact) mass is 1130 g/mol. The van der Waals surface area contributed by atoms with Crippen molar-refractivity contribution in [2.75, 3.05) is 0 Å². The maximum absolute atomic E-state index is 6.93. The Kier molecular flexibility index (Phi) is 12.2. The predicted molar refractivity (Wildman–Crippen MR) is 300 cm³/mol. The molecule has 0 fully saturated rings. The van der Waals surface area contributed by atoms with Gasteiger partial charge in [-0.25, -0.2) is 0 Å². The largest absolute Gasteiger partial charge is 0.501 e. The van der Waals surface area contributed by atoms with Gasteiger partial charge in [0.1, 0.15) is 16.9 Å². The maximum Gasteiger partial charge on any atom is 0.135 e. The molecule has 0 unspecified atom stereocenters. The molecule has 13 aromatic rings. The fourth-order valence-electron chi connectivity index (χ4n) is 10.3. The zero-order chi connectivity index (χ0) is 48.5. The van der Waals surface area contributed by atoms with E-state index in [1.54, 1.807) is 0 Å². The first-order valence-electron chi connectivity index (χ1n) is 24.7. The van der Waals surface area contributed by atoms with Crippen LogP contribution in [0.15, 0.2) is 191 Å². The number of aromatic nitrogens is 3. The van der Waals surface area contributed by atoms with E-state index in [1.807, 2.05) is 48.7 Å². The van der Waals surface area contributed by atoms with E-state index in [9.17, 15) is 0 Å². The first-order valence-corrected chi connectivity index (χ1v) is 28.2. The van der Waals surface area contributed by atoms with Crippen LogP contribution in [0.3, 0.4) is 0 Å². The molecule has 0 saturated carbocycles. The maximum atomic E-state index is 6.93. The van der Waals surface area contributed by atoms with E-state index in [2.05, 4.69) is 202 Å². The number of hydrogen-bond acceptors (Lipinski definition) is 4. The van der Waals surface area contributed by atoms with Crippen LogP contribution < -0.4 is 5.19 Å². The Labute approximate surface area is 434 Å². The zero-order valence-electron chi connectivity index (χ0n) is 41.5. The van der Waals surface area contributed by atoms with Gasteiger partial charge in [-0.15, -0.1) is 54.1 Å². The van der Waals surface area contributed by atoms with Crippen LogP contribution in [0.5, 0.6) is 0 Å². The van der Waals surface area contributed by atoms with Gasteiger partial charge in [-0.3, -0.25) is 4.98 Å². The molecule has 0 amide bonds. The summed E-state index contributed by atoms with van der Waals surface area (Å²) in [6.45, 7) is 16.1. The molecule has 4 aromatic heterocycles. The van der Waals surface area contributed by atoms with Gasteiger partial charge in [0, 0.05) is 53.7 Å². The van der Waals surface area contributed by atoms with E-state index in [0.29, 0.717) is 0 Å². The average Bonchev–Trinajstić information content (AvgIpc) is 4.12. The molecule has 0 aliphatic rings. The fourth-order valence-corrected chi connectivity index (χ4v) is 11.3. The first-order chi connectivity index (χ1) is 34.5. The number of hydrogen-bond donors (Lipinski definition) is 0. The second kappa shape index (κ2) is 18.6. The normalized spacial score (nSPS) is 12.0. The third kappa shape index (κ3) is 8.25. The first kappa shape index (κ1) is 46.9. The van der Waals surface area contributed by atoms with E-state index >= 15 is 0 Å². The van der Waals surface area contributed by atoms with Crippen molar-refractivity contribution in [2.45, 2.75) is 59.2 Å². The molecule has 0 atom stereocenters. The summed E-state index contributed by atoms with van der Waals surface area (Å²) in [5.74, 6) is 2.08. The minimum absolute atomic E-state index is 0. The summed E-state index contributed by atoms with van der Waals surface area (Å²) in [6.07, 6.45) is 2.02. The zero-order valence-corrected chi connectivity index (χ0v) is 44.9. The van der Waals surface area contributed by atoms with Crippen molar-refractivity contribution >= 4 is 89.5 Å². The number of furan rings is 2. The van der Waals surface area contributed by atoms with E-state index in [4.69, 9.17) is 13.8 Å². The van der Waals surface area contributed by atoms with Crippen LogP contribution in [-0.2, 0) is 20.1 Å². The second-order valence-corrected chi connectivity index (χ2v) is 25.5. The van der Waals surface area contributed by atoms with Gasteiger partial charge in [-0.2, -0.15) is 0 Å². The summed E-state index contributed by atoms with van der Waals surface area (Å²) < 4.78 is 15.8. The number of pyridine rings is 1. The van der Waals surface area contributed by atoms with Gasteiger partial charge in [0.05, 0.1) is 30.5 Å². The molecule has 0 spiro atoms. The number of benzene rings is 9. The molecule has 9 aromatic carbocycles. The smallest absolute Gasteiger partial charge is 0.135 e. The molecule has 7 heteroatoms. The number of fused-ring (bicyclic) bond motifs is 10. The van der Waals surface area contributed by atoms with Crippen LogP contribution in [0, 0.1) is 12.1 Å². The van der Waals surface area contributed by atoms with Gasteiger partial charge in [0.15, 0.2) is 0 Å². The minimum atomic E-state index is -1.23. The predicted octanol–water partition coefficient (Wildman–Crippen LogP) is 17.6. The van der Waals surface area contributed by atoms with Gasteiger partial charge in [0.2, 0.25) is 0 Å². The fraction of sp³-hybridized carbons (Fsp3) is 0.138. The van der Waals surface area contributed by atoms with Crippen molar-refractivity contribution in [3.63, 3.8) is 0 Å². The minimum Gasteiger partial charge on any atom is -0.501 e. The van der Waals surface area contributed by atoms with Gasteiger partial charge < -0.3 is 18.4 Å². The van der Waals surface area contributed by atoms with Crippen LogP contribution in [-0.4, -0.2) is 22.6 Å². The number of nitrogens with zero attached hydrogens (tertiary/aromatic N) is 3. The third-order valence-electron chi connectivity index (χ3n) is 14.0. The van der Waals surface area contributed by atoms with E-state index in [0.717, 1.165) is 89.0 Å². The van der Waals surface area contributed by atoms with Crippen LogP contribution in [0.1, 0.15) is 50.7 Å². The standard InChI is InChI=1S/C51H37N2O2.C14H16NSi.Ir/c1-29(2)40-25-35(46-27-34-14-7-10-19-45(34)54-46)26-41(30(3)4)48(40)53-49-37-16-9-6-13-32(37)22-23-44(49)52-51(53)39-18-11-17-38-43-24-33-21-20-31-12-5-8-15-36(31)42(33)28-47(43)55-50(38)39;1-16(2,3)13-9-10-14(15-11-13)12-7-5-4-6-8-12;/h5-17,19-30H,1-4H3;4-7,9-11H,1-3H3;/q2*-1;. The molecule has 13 rings (SSSR count). The molecule has 0 saturated heterocycles. The quantitative estimate of drug-likeness (QED) is 0.0906. The van der Waals surface area contributed by atoms with Crippen LogP contribution in [0.2, 0.25) is 19.6 Å². The Hall–Kier alpha value is -7.41. The Morgan fingerprint density at radius 3 is 1.92 bits per heavy atom. The number of rotatable bonds is 7. The van der Waals surface area contributed by atoms with E-state index in [-0.39, 0.29) is 31.9 Å². The molecule has 355 valence electrons. The molecule has 5 nitrogen and oxygen atoms in total. The Bertz CT molecular complexity index is 4100. The summed E-state index contributed by atoms with van der Waals surface area (Å²) in [5.41, 5.74) is 12.1. The van der Waals surface area contributed by atoms with Crippen molar-refractivity contribution in [3.05, 3.63) is 205 Å². The van der Waals surface area contributed by atoms with Gasteiger partial charge in [0.25, 0.3) is 0 Å². The SMILES string of the molecule is CC(C)c1cc(-c2cc3ccccc3o2)cc(C(C)C)c1-n1c(-c2[c-]ccc3c2oc2cc4c(ccc5ccccc54)cc23)nc2ccc3ccccc3c21.C[Si](C)(C)c1ccc(-c2[c-]cccc2)nc1.[Ir]. The summed E-state index contributed by atoms with van der Waals surface area (Å²) in [5, 5.41) is 11.8. The summed E-state index contributed by atoms with van der Waals surface area (Å²) in [6, 6.07) is 68.7. The Balaban J connectivity index is 0.000000282. The molecule has 0 aliphatic heterocycles. The van der Waals surface area contributed by atoms with Gasteiger partial charge in [-0.05, 0) is 103 Å². The number of para-hydroxylation sites is 1. The van der Waals surface area contributed by atoms with Crippen LogP contribution in [0.4, 0.5) is 0 Å². The molecule has 0 N–H and O–H groups in total. The second-order valence-electron chi connectivity index (χ2n) is 20.4. The molecule has 0 bridgehead atoms. The molecular weight excluding hydrogens is 1080 g/mol. The van der Waals surface area contributed by atoms with Crippen molar-refractivity contribution in [1.82, 2.24) is 14.5 Å². The average molecular weight is 1130 g/mol. The molecular formula is C65H53IrN3O2Si-2. The Morgan fingerprint density at radius 1 is 0.542 bits per heavy atom. The van der Waals surface area contributed by atoms with Crippen molar-refractivity contribution in [3.8, 4) is 39.7 Å². The van der Waals surface area contributed by atoms with Crippen LogP contribution >= 0.6 is 0 Å². The summed E-state index contributed by atoms with van der Waals surface area (Å²) in [7, 11) is -1.23. The van der Waals surface area contributed by atoms with Gasteiger partial charge in [-0.1, -0.05) is 155 Å². The van der Waals surface area contributed by atoms with Crippen molar-refractivity contribution in [2.24, 2.45) is 0 Å². The topological polar surface area (TPSA) is 57.0 Å². The van der Waals surface area contributed by atoms with Crippen molar-refractivity contribution < 1.29 is 28.9 Å². The summed E-state index contributed by atoms with van der Waals surface area (Å²) in [4.78, 5) is 10.0. The molecule has 72 heavy (non-hydrogen) atoms. The molecule has 1 radical (unpaired) electrons. The van der Waals surface area contributed by atoms with Crippen molar-refractivity contribution in [1.29, 1.82) is 0 Å².